The smallest absolute Gasteiger partial charge is 0.303 e. The molecule has 1 N–H and O–H groups in total. The van der Waals surface area contributed by atoms with Crippen LogP contribution in [0.25, 0.3) is 0 Å². The molecule has 0 fully saturated rings. The second kappa shape index (κ2) is 14.0. The van der Waals surface area contributed by atoms with E-state index in [9.17, 15) is 14.4 Å². The molecule has 2 amide bonds. The van der Waals surface area contributed by atoms with Crippen molar-refractivity contribution in [1.82, 2.24) is 9.80 Å². The Morgan fingerprint density at radius 3 is 1.72 bits per heavy atom. The molecule has 0 saturated carbocycles. The van der Waals surface area contributed by atoms with Crippen molar-refractivity contribution >= 4 is 29.4 Å². The maximum atomic E-state index is 13.2. The summed E-state index contributed by atoms with van der Waals surface area (Å²) in [5.74, 6) is -1.05. The SMILES string of the molecule is O=C(O)CCCN(Cc1ccccc1)C(=O)CCCN(Cc1ccccc1)C(=O)c1ccc(Cl)cc1. The van der Waals surface area contributed by atoms with E-state index in [1.165, 1.54) is 0 Å². The van der Waals surface area contributed by atoms with Crippen LogP contribution in [0.2, 0.25) is 5.02 Å². The van der Waals surface area contributed by atoms with Crippen LogP contribution < -0.4 is 0 Å². The van der Waals surface area contributed by atoms with Crippen molar-refractivity contribution in [3.05, 3.63) is 107 Å². The van der Waals surface area contributed by atoms with Gasteiger partial charge < -0.3 is 14.9 Å². The Balaban J connectivity index is 1.65. The molecule has 3 aromatic rings. The van der Waals surface area contributed by atoms with Crippen LogP contribution in [0.3, 0.4) is 0 Å². The number of carbonyl (C=O) groups excluding carboxylic acids is 2. The number of halogens is 1. The lowest BCUT2D eigenvalue weighted by atomic mass is 10.1. The fourth-order valence-electron chi connectivity index (χ4n) is 3.93. The molecule has 0 bridgehead atoms. The fourth-order valence-corrected chi connectivity index (χ4v) is 4.05. The van der Waals surface area contributed by atoms with Gasteiger partial charge in [0, 0.05) is 49.6 Å². The molecule has 188 valence electrons. The topological polar surface area (TPSA) is 77.9 Å². The van der Waals surface area contributed by atoms with Crippen LogP contribution in [-0.2, 0) is 22.7 Å². The van der Waals surface area contributed by atoms with Crippen molar-refractivity contribution < 1.29 is 19.5 Å². The molecule has 0 aromatic heterocycles. The average Bonchev–Trinajstić information content (AvgIpc) is 2.88. The Labute approximate surface area is 217 Å². The highest BCUT2D eigenvalue weighted by atomic mass is 35.5. The minimum atomic E-state index is -0.876. The summed E-state index contributed by atoms with van der Waals surface area (Å²) in [5, 5.41) is 9.55. The first kappa shape index (κ1) is 27.0. The van der Waals surface area contributed by atoms with E-state index in [2.05, 4.69) is 0 Å². The zero-order valence-electron chi connectivity index (χ0n) is 20.2. The third-order valence-electron chi connectivity index (χ3n) is 5.80. The van der Waals surface area contributed by atoms with Crippen LogP contribution in [0, 0.1) is 0 Å². The quantitative estimate of drug-likeness (QED) is 0.324. The molecule has 0 spiro atoms. The van der Waals surface area contributed by atoms with Gasteiger partial charge in [-0.1, -0.05) is 72.3 Å². The van der Waals surface area contributed by atoms with Crippen molar-refractivity contribution in [3.63, 3.8) is 0 Å². The zero-order valence-corrected chi connectivity index (χ0v) is 20.9. The van der Waals surface area contributed by atoms with Crippen molar-refractivity contribution in [3.8, 4) is 0 Å². The molecular weight excluding hydrogens is 476 g/mol. The molecule has 36 heavy (non-hydrogen) atoms. The van der Waals surface area contributed by atoms with Gasteiger partial charge >= 0.3 is 5.97 Å². The van der Waals surface area contributed by atoms with Gasteiger partial charge in [0.1, 0.15) is 0 Å². The molecule has 3 rings (SSSR count). The normalized spacial score (nSPS) is 10.6. The summed E-state index contributed by atoms with van der Waals surface area (Å²) in [4.78, 5) is 40.8. The summed E-state index contributed by atoms with van der Waals surface area (Å²) < 4.78 is 0. The standard InChI is InChI=1S/C29H31ClN2O4/c30-26-17-15-25(16-18-26)29(36)32(22-24-11-5-2-6-12-24)20-7-13-27(33)31(19-8-14-28(34)35)21-23-9-3-1-4-10-23/h1-6,9-12,15-18H,7-8,13-14,19-22H2,(H,34,35). The van der Waals surface area contributed by atoms with Crippen LogP contribution in [0.15, 0.2) is 84.9 Å². The minimum Gasteiger partial charge on any atom is -0.481 e. The first-order valence-corrected chi connectivity index (χ1v) is 12.4. The number of amides is 2. The molecule has 0 aliphatic heterocycles. The van der Waals surface area contributed by atoms with E-state index >= 15 is 0 Å². The molecule has 0 heterocycles. The highest BCUT2D eigenvalue weighted by Crippen LogP contribution is 2.16. The minimum absolute atomic E-state index is 0.0129. The lowest BCUT2D eigenvalue weighted by Crippen LogP contribution is -2.34. The molecule has 0 aliphatic rings. The van der Waals surface area contributed by atoms with Crippen molar-refractivity contribution in [2.45, 2.75) is 38.8 Å². The van der Waals surface area contributed by atoms with Gasteiger partial charge in [0.05, 0.1) is 0 Å². The van der Waals surface area contributed by atoms with Gasteiger partial charge in [-0.15, -0.1) is 0 Å². The Bertz CT molecular complexity index is 1120. The van der Waals surface area contributed by atoms with E-state index in [0.717, 1.165) is 11.1 Å². The molecule has 7 heteroatoms. The third-order valence-corrected chi connectivity index (χ3v) is 6.05. The molecule has 0 radical (unpaired) electrons. The summed E-state index contributed by atoms with van der Waals surface area (Å²) >= 11 is 5.99. The van der Waals surface area contributed by atoms with Gasteiger partial charge in [-0.3, -0.25) is 14.4 Å². The van der Waals surface area contributed by atoms with Gasteiger partial charge in [0.2, 0.25) is 5.91 Å². The Morgan fingerprint density at radius 1 is 0.667 bits per heavy atom. The number of carboxylic acids is 1. The largest absolute Gasteiger partial charge is 0.481 e. The van der Waals surface area contributed by atoms with Crippen LogP contribution >= 0.6 is 11.6 Å². The van der Waals surface area contributed by atoms with Crippen molar-refractivity contribution in [2.24, 2.45) is 0 Å². The Hall–Kier alpha value is -3.64. The predicted molar refractivity (Wildman–Crippen MR) is 141 cm³/mol. The third kappa shape index (κ3) is 8.86. The van der Waals surface area contributed by atoms with E-state index in [1.54, 1.807) is 34.1 Å². The van der Waals surface area contributed by atoms with E-state index < -0.39 is 5.97 Å². The summed E-state index contributed by atoms with van der Waals surface area (Å²) in [6.45, 7) is 1.65. The van der Waals surface area contributed by atoms with Gasteiger partial charge in [-0.25, -0.2) is 0 Å². The highest BCUT2D eigenvalue weighted by molar-refractivity contribution is 6.30. The van der Waals surface area contributed by atoms with E-state index in [0.29, 0.717) is 49.6 Å². The molecule has 0 saturated heterocycles. The second-order valence-corrected chi connectivity index (χ2v) is 9.06. The second-order valence-electron chi connectivity index (χ2n) is 8.62. The van der Waals surface area contributed by atoms with Crippen LogP contribution in [0.4, 0.5) is 0 Å². The lowest BCUT2D eigenvalue weighted by molar-refractivity contribution is -0.138. The molecule has 3 aromatic carbocycles. The average molecular weight is 507 g/mol. The van der Waals surface area contributed by atoms with Gasteiger partial charge in [-0.2, -0.15) is 0 Å². The van der Waals surface area contributed by atoms with Gasteiger partial charge in [-0.05, 0) is 48.2 Å². The first-order valence-electron chi connectivity index (χ1n) is 12.0. The van der Waals surface area contributed by atoms with Crippen LogP contribution in [-0.4, -0.2) is 45.8 Å². The summed E-state index contributed by atoms with van der Waals surface area (Å²) in [6, 6.07) is 26.2. The van der Waals surface area contributed by atoms with Crippen molar-refractivity contribution in [2.75, 3.05) is 13.1 Å². The molecule has 0 aliphatic carbocycles. The van der Waals surface area contributed by atoms with E-state index in [1.807, 2.05) is 60.7 Å². The number of hydrogen-bond acceptors (Lipinski definition) is 3. The van der Waals surface area contributed by atoms with Crippen LogP contribution in [0.1, 0.15) is 47.2 Å². The lowest BCUT2D eigenvalue weighted by Gasteiger charge is -2.25. The number of nitrogens with zero attached hydrogens (tertiary/aromatic N) is 2. The number of aliphatic carboxylic acids is 1. The molecule has 0 unspecified atom stereocenters. The van der Waals surface area contributed by atoms with Crippen molar-refractivity contribution in [1.29, 1.82) is 0 Å². The maximum Gasteiger partial charge on any atom is 0.303 e. The summed E-state index contributed by atoms with van der Waals surface area (Å²) in [5.41, 5.74) is 2.54. The van der Waals surface area contributed by atoms with Gasteiger partial charge in [0.15, 0.2) is 0 Å². The Morgan fingerprint density at radius 2 is 1.17 bits per heavy atom. The molecule has 6 nitrogen and oxygen atoms in total. The molecular formula is C29H31ClN2O4. The monoisotopic (exact) mass is 506 g/mol. The summed E-state index contributed by atoms with van der Waals surface area (Å²) in [6.07, 6.45) is 1.16. The number of rotatable bonds is 13. The number of hydrogen-bond donors (Lipinski definition) is 1. The highest BCUT2D eigenvalue weighted by Gasteiger charge is 2.19. The number of carboxylic acid groups (broad SMARTS) is 1. The zero-order chi connectivity index (χ0) is 25.8. The number of benzene rings is 3. The van der Waals surface area contributed by atoms with E-state index in [-0.39, 0.29) is 24.7 Å². The van der Waals surface area contributed by atoms with E-state index in [4.69, 9.17) is 16.7 Å². The Kier molecular flexibility index (Phi) is 10.5. The van der Waals surface area contributed by atoms with Crippen LogP contribution in [0.5, 0.6) is 0 Å². The first-order chi connectivity index (χ1) is 17.4. The number of carbonyl (C=O) groups is 3. The molecule has 0 atom stereocenters. The predicted octanol–water partition coefficient (Wildman–Crippen LogP) is 5.66. The summed E-state index contributed by atoms with van der Waals surface area (Å²) in [7, 11) is 0. The maximum absolute atomic E-state index is 13.2. The fraction of sp³-hybridized carbons (Fsp3) is 0.276. The van der Waals surface area contributed by atoms with Gasteiger partial charge in [0.25, 0.3) is 5.91 Å².